The van der Waals surface area contributed by atoms with E-state index in [-0.39, 0.29) is 0 Å². The fourth-order valence-corrected chi connectivity index (χ4v) is 3.78. The molecule has 22 heavy (non-hydrogen) atoms. The molecule has 1 heterocycles. The highest BCUT2D eigenvalue weighted by molar-refractivity contribution is 9.10. The summed E-state index contributed by atoms with van der Waals surface area (Å²) in [4.78, 5) is 24.7. The Kier molecular flexibility index (Phi) is 6.87. The zero-order chi connectivity index (χ0) is 16.9. The summed E-state index contributed by atoms with van der Waals surface area (Å²) >= 11 is 5.13. The predicted molar refractivity (Wildman–Crippen MR) is 92.1 cm³/mol. The summed E-state index contributed by atoms with van der Waals surface area (Å²) in [5, 5.41) is 4.55. The topological polar surface area (TPSA) is 81.4 Å². The first kappa shape index (κ1) is 19.0. The molecule has 1 unspecified atom stereocenters. The van der Waals surface area contributed by atoms with Crippen LogP contribution in [0.3, 0.4) is 0 Å². The molecular weight excluding hydrogens is 368 g/mol. The molecule has 0 aliphatic rings. The summed E-state index contributed by atoms with van der Waals surface area (Å²) in [6.07, 6.45) is 1.66. The Balaban J connectivity index is 2.83. The SMILES string of the molecule is CCCc1scc(Br)c1CC(NC(=O)OC(C)(C)C)C(N)=O. The molecule has 0 spiro atoms. The lowest BCUT2D eigenvalue weighted by atomic mass is 10.0. The van der Waals surface area contributed by atoms with Gasteiger partial charge in [0.15, 0.2) is 0 Å². The maximum atomic E-state index is 11.8. The van der Waals surface area contributed by atoms with Crippen molar-refractivity contribution in [3.8, 4) is 0 Å². The molecule has 3 N–H and O–H groups in total. The average Bonchev–Trinajstić information content (AvgIpc) is 2.68. The molecule has 0 saturated heterocycles. The third-order valence-corrected chi connectivity index (χ3v) is 4.95. The minimum absolute atomic E-state index is 0.355. The number of nitrogens with two attached hydrogens (primary N) is 1. The van der Waals surface area contributed by atoms with Crippen LogP contribution in [-0.2, 0) is 22.4 Å². The molecule has 0 saturated carbocycles. The highest BCUT2D eigenvalue weighted by Gasteiger charge is 2.25. The van der Waals surface area contributed by atoms with Crippen LogP contribution in [0.5, 0.6) is 0 Å². The van der Waals surface area contributed by atoms with Gasteiger partial charge >= 0.3 is 6.09 Å². The molecule has 0 bridgehead atoms. The van der Waals surface area contributed by atoms with Crippen LogP contribution in [0, 0.1) is 0 Å². The number of amides is 2. The third-order valence-electron chi connectivity index (χ3n) is 2.85. The molecule has 0 radical (unpaired) electrons. The Hall–Kier alpha value is -1.08. The molecule has 2 amide bonds. The van der Waals surface area contributed by atoms with Crippen molar-refractivity contribution in [2.75, 3.05) is 0 Å². The molecule has 0 aliphatic carbocycles. The maximum Gasteiger partial charge on any atom is 0.408 e. The Bertz CT molecular complexity index is 537. The van der Waals surface area contributed by atoms with Gasteiger partial charge in [0.25, 0.3) is 0 Å². The molecule has 7 heteroatoms. The molecule has 1 atom stereocenters. The van der Waals surface area contributed by atoms with Gasteiger partial charge in [-0.3, -0.25) is 4.79 Å². The van der Waals surface area contributed by atoms with E-state index in [0.717, 1.165) is 22.9 Å². The second-order valence-electron chi connectivity index (χ2n) is 6.04. The van der Waals surface area contributed by atoms with E-state index in [1.807, 2.05) is 5.38 Å². The zero-order valence-corrected chi connectivity index (χ0v) is 15.8. The van der Waals surface area contributed by atoms with E-state index in [0.29, 0.717) is 6.42 Å². The molecule has 1 aromatic rings. The Morgan fingerprint density at radius 2 is 2.09 bits per heavy atom. The smallest absolute Gasteiger partial charge is 0.408 e. The second kappa shape index (κ2) is 7.97. The third kappa shape index (κ3) is 5.96. The van der Waals surface area contributed by atoms with Crippen LogP contribution in [0.1, 0.15) is 44.6 Å². The van der Waals surface area contributed by atoms with Crippen molar-refractivity contribution in [1.29, 1.82) is 0 Å². The molecule has 1 aromatic heterocycles. The van der Waals surface area contributed by atoms with E-state index in [9.17, 15) is 9.59 Å². The number of alkyl carbamates (subject to hydrolysis) is 1. The first-order valence-electron chi connectivity index (χ1n) is 7.17. The van der Waals surface area contributed by atoms with Crippen molar-refractivity contribution in [1.82, 2.24) is 5.32 Å². The van der Waals surface area contributed by atoms with E-state index in [2.05, 4.69) is 28.2 Å². The number of nitrogens with one attached hydrogen (secondary N) is 1. The fourth-order valence-electron chi connectivity index (χ4n) is 1.92. The van der Waals surface area contributed by atoms with E-state index >= 15 is 0 Å². The number of halogens is 1. The lowest BCUT2D eigenvalue weighted by Gasteiger charge is -2.22. The number of hydrogen-bond donors (Lipinski definition) is 2. The molecule has 0 aliphatic heterocycles. The molecular formula is C15H23BrN2O3S. The summed E-state index contributed by atoms with van der Waals surface area (Å²) < 4.78 is 6.12. The van der Waals surface area contributed by atoms with Gasteiger partial charge in [-0.15, -0.1) is 11.3 Å². The highest BCUT2D eigenvalue weighted by Crippen LogP contribution is 2.29. The number of carbonyl (C=O) groups excluding carboxylic acids is 2. The van der Waals surface area contributed by atoms with Gasteiger partial charge in [-0.05, 0) is 48.7 Å². The van der Waals surface area contributed by atoms with Crippen LogP contribution in [-0.4, -0.2) is 23.6 Å². The fraction of sp³-hybridized carbons (Fsp3) is 0.600. The van der Waals surface area contributed by atoms with Crippen molar-refractivity contribution in [3.05, 3.63) is 20.3 Å². The molecule has 0 aromatic carbocycles. The summed E-state index contributed by atoms with van der Waals surface area (Å²) in [5.74, 6) is -0.577. The highest BCUT2D eigenvalue weighted by atomic mass is 79.9. The number of aryl methyl sites for hydroxylation is 1. The zero-order valence-electron chi connectivity index (χ0n) is 13.4. The molecule has 1 rings (SSSR count). The monoisotopic (exact) mass is 390 g/mol. The Morgan fingerprint density at radius 3 is 2.59 bits per heavy atom. The normalized spacial score (nSPS) is 12.8. The Morgan fingerprint density at radius 1 is 1.45 bits per heavy atom. The molecule has 0 fully saturated rings. The van der Waals surface area contributed by atoms with Crippen LogP contribution < -0.4 is 11.1 Å². The quantitative estimate of drug-likeness (QED) is 0.780. The first-order valence-corrected chi connectivity index (χ1v) is 8.85. The number of carbonyl (C=O) groups is 2. The van der Waals surface area contributed by atoms with Gasteiger partial charge in [-0.1, -0.05) is 13.3 Å². The standard InChI is InChI=1S/C15H23BrN2O3S/c1-5-6-12-9(10(16)8-22-12)7-11(13(17)19)18-14(20)21-15(2,3)4/h8,11H,5-7H2,1-4H3,(H2,17,19)(H,18,20). The number of thiophene rings is 1. The van der Waals surface area contributed by atoms with Crippen LogP contribution >= 0.6 is 27.3 Å². The molecule has 5 nitrogen and oxygen atoms in total. The van der Waals surface area contributed by atoms with Crippen LogP contribution in [0.25, 0.3) is 0 Å². The number of ether oxygens (including phenoxy) is 1. The minimum Gasteiger partial charge on any atom is -0.444 e. The average molecular weight is 391 g/mol. The van der Waals surface area contributed by atoms with Gasteiger partial charge in [-0.25, -0.2) is 4.79 Å². The number of rotatable bonds is 6. The number of primary amides is 1. The van der Waals surface area contributed by atoms with Gasteiger partial charge in [0.2, 0.25) is 5.91 Å². The van der Waals surface area contributed by atoms with Crippen molar-refractivity contribution >= 4 is 39.3 Å². The summed E-state index contributed by atoms with van der Waals surface area (Å²) in [6.45, 7) is 7.39. The summed E-state index contributed by atoms with van der Waals surface area (Å²) in [5.41, 5.74) is 5.82. The van der Waals surface area contributed by atoms with E-state index < -0.39 is 23.6 Å². The lowest BCUT2D eigenvalue weighted by Crippen LogP contribution is -2.47. The first-order chi connectivity index (χ1) is 10.1. The van der Waals surface area contributed by atoms with Gasteiger partial charge in [0, 0.05) is 21.2 Å². The number of hydrogen-bond acceptors (Lipinski definition) is 4. The molecule has 124 valence electrons. The maximum absolute atomic E-state index is 11.8. The van der Waals surface area contributed by atoms with E-state index in [4.69, 9.17) is 10.5 Å². The minimum atomic E-state index is -0.795. The van der Waals surface area contributed by atoms with Crippen LogP contribution in [0.2, 0.25) is 0 Å². The van der Waals surface area contributed by atoms with E-state index in [1.54, 1.807) is 32.1 Å². The van der Waals surface area contributed by atoms with Gasteiger partial charge in [-0.2, -0.15) is 0 Å². The van der Waals surface area contributed by atoms with Gasteiger partial charge in [0.1, 0.15) is 11.6 Å². The van der Waals surface area contributed by atoms with Crippen molar-refractivity contribution < 1.29 is 14.3 Å². The summed E-state index contributed by atoms with van der Waals surface area (Å²) in [6, 6.07) is -0.795. The lowest BCUT2D eigenvalue weighted by molar-refractivity contribution is -0.120. The van der Waals surface area contributed by atoms with Crippen molar-refractivity contribution in [3.63, 3.8) is 0 Å². The van der Waals surface area contributed by atoms with Gasteiger partial charge in [0.05, 0.1) is 0 Å². The van der Waals surface area contributed by atoms with Crippen molar-refractivity contribution in [2.24, 2.45) is 5.73 Å². The predicted octanol–water partition coefficient (Wildman–Crippen LogP) is 3.38. The Labute approximate surface area is 143 Å². The summed E-state index contributed by atoms with van der Waals surface area (Å²) in [7, 11) is 0. The van der Waals surface area contributed by atoms with E-state index in [1.165, 1.54) is 4.88 Å². The van der Waals surface area contributed by atoms with Crippen LogP contribution in [0.4, 0.5) is 4.79 Å². The van der Waals surface area contributed by atoms with Crippen molar-refractivity contribution in [2.45, 2.75) is 58.6 Å². The van der Waals surface area contributed by atoms with Gasteiger partial charge < -0.3 is 15.8 Å². The second-order valence-corrected chi connectivity index (χ2v) is 7.86. The largest absolute Gasteiger partial charge is 0.444 e. The van der Waals surface area contributed by atoms with Crippen LogP contribution in [0.15, 0.2) is 9.85 Å².